The lowest BCUT2D eigenvalue weighted by Crippen LogP contribution is -1.97. The van der Waals surface area contributed by atoms with Crippen molar-refractivity contribution in [3.05, 3.63) is 169 Å². The number of H-pyrrole nitrogens is 1. The number of hydrogen-bond acceptors (Lipinski definition) is 0. The van der Waals surface area contributed by atoms with E-state index in [0.29, 0.717) is 0 Å². The molecule has 2 aromatic heterocycles. The lowest BCUT2D eigenvalue weighted by Gasteiger charge is -2.16. The van der Waals surface area contributed by atoms with Crippen LogP contribution < -0.4 is 0 Å². The molecule has 2 aliphatic carbocycles. The Bertz CT molecular complexity index is 2550. The van der Waals surface area contributed by atoms with Crippen molar-refractivity contribution in [2.75, 3.05) is 0 Å². The quantitative estimate of drug-likeness (QED) is 0.217. The van der Waals surface area contributed by atoms with Crippen molar-refractivity contribution in [2.45, 2.75) is 6.42 Å². The molecule has 0 unspecified atom stereocenters. The first-order valence-electron chi connectivity index (χ1n) is 15.7. The Morgan fingerprint density at radius 2 is 1.40 bits per heavy atom. The van der Waals surface area contributed by atoms with Gasteiger partial charge in [0, 0.05) is 33.6 Å². The largest absolute Gasteiger partial charge is 0.361 e. The third-order valence-electron chi connectivity index (χ3n) is 9.77. The van der Waals surface area contributed by atoms with Crippen LogP contribution in [0.1, 0.15) is 16.7 Å². The first-order valence-corrected chi connectivity index (χ1v) is 15.7. The van der Waals surface area contributed by atoms with Crippen LogP contribution in [0.3, 0.4) is 0 Å². The van der Waals surface area contributed by atoms with E-state index < -0.39 is 0 Å². The van der Waals surface area contributed by atoms with Gasteiger partial charge in [-0.05, 0) is 105 Å². The highest BCUT2D eigenvalue weighted by atomic mass is 15.0. The number of nitrogens with zero attached hydrogens (tertiary/aromatic N) is 1. The number of hydrogen-bond donors (Lipinski definition) is 1. The van der Waals surface area contributed by atoms with Gasteiger partial charge in [-0.2, -0.15) is 0 Å². The SMILES string of the molecule is C1=CCc2c(-c3cccc(-n4c5ccccc5c5cc6[nH]ccc6cc54)c3)ccc3c2C(=C1)c1cc(-c2ccccc2)ccc1-3. The van der Waals surface area contributed by atoms with Gasteiger partial charge in [0.1, 0.15) is 0 Å². The standard InChI is InChI=1S/C43H28N2/c1-2-9-27(10-3-1)28-17-18-33-37-20-19-32(35-14-4-5-15-36(43(35)37)38(33)24-28)29-11-8-12-31(23-29)45-41-16-7-6-13-34(41)39-26-40-30(21-22-44-40)25-42(39)45/h1-13,15-26,44H,14H2. The number of fused-ring (bicyclic) bond motifs is 7. The number of aromatic amines is 1. The zero-order valence-electron chi connectivity index (χ0n) is 24.6. The monoisotopic (exact) mass is 572 g/mol. The number of benzene rings is 6. The summed E-state index contributed by atoms with van der Waals surface area (Å²) in [6.07, 6.45) is 9.79. The molecule has 2 aliphatic rings. The van der Waals surface area contributed by atoms with E-state index in [-0.39, 0.29) is 0 Å². The van der Waals surface area contributed by atoms with Crippen molar-refractivity contribution in [3.63, 3.8) is 0 Å². The summed E-state index contributed by atoms with van der Waals surface area (Å²) in [5.74, 6) is 0. The predicted octanol–water partition coefficient (Wildman–Crippen LogP) is 11.1. The molecule has 10 rings (SSSR count). The predicted molar refractivity (Wildman–Crippen MR) is 189 cm³/mol. The summed E-state index contributed by atoms with van der Waals surface area (Å²) < 4.78 is 2.43. The Labute approximate surface area is 261 Å². The summed E-state index contributed by atoms with van der Waals surface area (Å²) in [6, 6.07) is 47.0. The number of rotatable bonds is 3. The summed E-state index contributed by atoms with van der Waals surface area (Å²) in [7, 11) is 0. The number of aromatic nitrogens is 2. The summed E-state index contributed by atoms with van der Waals surface area (Å²) in [5.41, 5.74) is 18.0. The lowest BCUT2D eigenvalue weighted by atomic mass is 9.89. The molecule has 0 atom stereocenters. The van der Waals surface area contributed by atoms with Gasteiger partial charge in [-0.25, -0.2) is 0 Å². The van der Waals surface area contributed by atoms with Gasteiger partial charge in [-0.3, -0.25) is 0 Å². The van der Waals surface area contributed by atoms with Crippen molar-refractivity contribution in [3.8, 4) is 39.1 Å². The molecule has 0 fully saturated rings. The highest BCUT2D eigenvalue weighted by Crippen LogP contribution is 2.50. The normalized spacial score (nSPS) is 13.3. The maximum absolute atomic E-state index is 3.40. The molecule has 0 spiro atoms. The third-order valence-corrected chi connectivity index (χ3v) is 9.77. The smallest absolute Gasteiger partial charge is 0.0548 e. The summed E-state index contributed by atoms with van der Waals surface area (Å²) in [6.45, 7) is 0. The molecule has 0 bridgehead atoms. The van der Waals surface area contributed by atoms with E-state index in [2.05, 4.69) is 155 Å². The molecule has 0 radical (unpaired) electrons. The number of para-hydroxylation sites is 1. The van der Waals surface area contributed by atoms with Crippen LogP contribution in [0.2, 0.25) is 0 Å². The molecule has 0 amide bonds. The molecule has 0 saturated carbocycles. The maximum atomic E-state index is 3.40. The van der Waals surface area contributed by atoms with Crippen LogP contribution >= 0.6 is 0 Å². The minimum Gasteiger partial charge on any atom is -0.361 e. The van der Waals surface area contributed by atoms with E-state index >= 15 is 0 Å². The summed E-state index contributed by atoms with van der Waals surface area (Å²) in [4.78, 5) is 3.40. The van der Waals surface area contributed by atoms with E-state index in [1.54, 1.807) is 0 Å². The number of allylic oxidation sites excluding steroid dienone is 3. The summed E-state index contributed by atoms with van der Waals surface area (Å²) in [5, 5.41) is 3.76. The zero-order chi connectivity index (χ0) is 29.5. The van der Waals surface area contributed by atoms with Gasteiger partial charge in [-0.15, -0.1) is 0 Å². The highest BCUT2D eigenvalue weighted by Gasteiger charge is 2.28. The third kappa shape index (κ3) is 3.57. The molecule has 8 aromatic rings. The van der Waals surface area contributed by atoms with Crippen LogP contribution in [0.5, 0.6) is 0 Å². The van der Waals surface area contributed by atoms with Crippen LogP contribution in [0.15, 0.2) is 152 Å². The minimum absolute atomic E-state index is 0.906. The van der Waals surface area contributed by atoms with Crippen molar-refractivity contribution in [2.24, 2.45) is 0 Å². The van der Waals surface area contributed by atoms with Crippen molar-refractivity contribution >= 4 is 38.3 Å². The molecule has 2 heterocycles. The Morgan fingerprint density at radius 3 is 2.36 bits per heavy atom. The first-order chi connectivity index (χ1) is 22.3. The second-order valence-corrected chi connectivity index (χ2v) is 12.2. The van der Waals surface area contributed by atoms with E-state index in [4.69, 9.17) is 0 Å². The lowest BCUT2D eigenvalue weighted by molar-refractivity contribution is 1.18. The van der Waals surface area contributed by atoms with Crippen molar-refractivity contribution in [1.29, 1.82) is 0 Å². The molecule has 2 heteroatoms. The molecule has 1 N–H and O–H groups in total. The fourth-order valence-electron chi connectivity index (χ4n) is 7.74. The van der Waals surface area contributed by atoms with Gasteiger partial charge in [0.2, 0.25) is 0 Å². The van der Waals surface area contributed by atoms with E-state index in [1.807, 2.05) is 6.20 Å². The molecule has 6 aromatic carbocycles. The Morgan fingerprint density at radius 1 is 0.556 bits per heavy atom. The van der Waals surface area contributed by atoms with Crippen LogP contribution in [0, 0.1) is 0 Å². The molecule has 0 saturated heterocycles. The van der Waals surface area contributed by atoms with Gasteiger partial charge < -0.3 is 9.55 Å². The maximum Gasteiger partial charge on any atom is 0.0548 e. The van der Waals surface area contributed by atoms with E-state index in [9.17, 15) is 0 Å². The zero-order valence-corrected chi connectivity index (χ0v) is 24.6. The fraction of sp³-hybridized carbons (Fsp3) is 0.0233. The topological polar surface area (TPSA) is 20.7 Å². The Hall–Kier alpha value is -5.86. The number of nitrogens with one attached hydrogen (secondary N) is 1. The van der Waals surface area contributed by atoms with E-state index in [0.717, 1.165) is 6.42 Å². The highest BCUT2D eigenvalue weighted by molar-refractivity contribution is 6.13. The summed E-state index contributed by atoms with van der Waals surface area (Å²) >= 11 is 0. The molecule has 0 aliphatic heterocycles. The minimum atomic E-state index is 0.906. The molecular formula is C43H28N2. The average Bonchev–Trinajstić information content (AvgIpc) is 3.72. The van der Waals surface area contributed by atoms with Gasteiger partial charge in [0.25, 0.3) is 0 Å². The fourth-order valence-corrected chi connectivity index (χ4v) is 7.74. The molecule has 2 nitrogen and oxygen atoms in total. The van der Waals surface area contributed by atoms with Gasteiger partial charge in [0.05, 0.1) is 11.0 Å². The van der Waals surface area contributed by atoms with Crippen molar-refractivity contribution < 1.29 is 0 Å². The van der Waals surface area contributed by atoms with Crippen molar-refractivity contribution in [1.82, 2.24) is 9.55 Å². The van der Waals surface area contributed by atoms with Crippen LogP contribution in [0.25, 0.3) is 77.3 Å². The molecule has 45 heavy (non-hydrogen) atoms. The van der Waals surface area contributed by atoms with Crippen LogP contribution in [-0.4, -0.2) is 9.55 Å². The van der Waals surface area contributed by atoms with Gasteiger partial charge in [-0.1, -0.05) is 103 Å². The average molecular weight is 573 g/mol. The molecular weight excluding hydrogens is 544 g/mol. The van der Waals surface area contributed by atoms with E-state index in [1.165, 1.54) is 94.0 Å². The van der Waals surface area contributed by atoms with Gasteiger partial charge in [0.15, 0.2) is 0 Å². The van der Waals surface area contributed by atoms with Gasteiger partial charge >= 0.3 is 0 Å². The first kappa shape index (κ1) is 24.6. The second kappa shape index (κ2) is 9.32. The second-order valence-electron chi connectivity index (χ2n) is 12.2. The Balaban J connectivity index is 1.15. The van der Waals surface area contributed by atoms with Crippen LogP contribution in [-0.2, 0) is 6.42 Å². The van der Waals surface area contributed by atoms with Crippen LogP contribution in [0.4, 0.5) is 0 Å². The Kier molecular flexibility index (Phi) is 5.09. The molecule has 210 valence electrons.